The van der Waals surface area contributed by atoms with Gasteiger partial charge in [-0.05, 0) is 12.8 Å². The molecular weight excluding hydrogens is 472 g/mol. The van der Waals surface area contributed by atoms with E-state index in [0.29, 0.717) is 12.8 Å². The fourth-order valence-corrected chi connectivity index (χ4v) is 3.97. The molecule has 0 amide bonds. The Bertz CT molecular complexity index is 606. The minimum absolute atomic E-state index is 0.214. The number of carbonyl (C=O) groups excluding carboxylic acids is 1. The lowest BCUT2D eigenvalue weighted by Crippen LogP contribution is -2.61. The molecule has 0 aromatic rings. The zero-order valence-electron chi connectivity index (χ0n) is 19.9. The lowest BCUT2D eigenvalue weighted by Gasteiger charge is -2.42. The highest BCUT2D eigenvalue weighted by molar-refractivity contribution is 5.68. The van der Waals surface area contributed by atoms with Crippen molar-refractivity contribution in [3.63, 3.8) is 0 Å². The topological polar surface area (TPSA) is 205 Å². The number of ether oxygens (including phenoxy) is 5. The Morgan fingerprint density at radius 3 is 1.80 bits per heavy atom. The minimum Gasteiger partial charge on any atom is -0.469 e. The van der Waals surface area contributed by atoms with Gasteiger partial charge in [0, 0.05) is 13.0 Å². The monoisotopic (exact) mass is 512 g/mol. The highest BCUT2D eigenvalue weighted by Gasteiger charge is 2.47. The molecule has 2 fully saturated rings. The summed E-state index contributed by atoms with van der Waals surface area (Å²) in [6, 6.07) is 0. The molecule has 206 valence electrons. The lowest BCUT2D eigenvalue weighted by atomic mass is 9.98. The summed E-state index contributed by atoms with van der Waals surface area (Å²) in [7, 11) is 1.37. The first kappa shape index (κ1) is 30.3. The van der Waals surface area contributed by atoms with Gasteiger partial charge >= 0.3 is 5.97 Å². The standard InChI is InChI=1S/C22H40O13/c1-31-14(24)8-6-4-2-3-5-7-9-32-21-19(29)18(28)16(26)13(35-21)11-33-22-20(30)17(27)15(25)12(10-23)34-22/h12-13,15-23,25-30H,2-11H2,1H3/t12-,13-,15-,16-,17+,18+,19+,20+,21+,22-/m1/s1. The number of hydrogen-bond donors (Lipinski definition) is 7. The van der Waals surface area contributed by atoms with Crippen LogP contribution in [0.3, 0.4) is 0 Å². The summed E-state index contributed by atoms with van der Waals surface area (Å²) in [6.07, 6.45) is -8.83. The van der Waals surface area contributed by atoms with Gasteiger partial charge in [0.2, 0.25) is 0 Å². The van der Waals surface area contributed by atoms with Crippen LogP contribution in [-0.4, -0.2) is 130 Å². The molecule has 0 aliphatic carbocycles. The van der Waals surface area contributed by atoms with Crippen molar-refractivity contribution in [2.45, 2.75) is 106 Å². The normalized spacial score (nSPS) is 37.8. The van der Waals surface area contributed by atoms with E-state index in [4.69, 9.17) is 18.9 Å². The highest BCUT2D eigenvalue weighted by Crippen LogP contribution is 2.26. The molecule has 13 nitrogen and oxygen atoms in total. The summed E-state index contributed by atoms with van der Waals surface area (Å²) >= 11 is 0. The second-order valence-corrected chi connectivity index (χ2v) is 8.86. The molecule has 0 bridgehead atoms. The van der Waals surface area contributed by atoms with Crippen molar-refractivity contribution in [3.05, 3.63) is 0 Å². The van der Waals surface area contributed by atoms with Crippen molar-refractivity contribution in [1.82, 2.24) is 0 Å². The predicted molar refractivity (Wildman–Crippen MR) is 117 cm³/mol. The Labute approximate surface area is 204 Å². The lowest BCUT2D eigenvalue weighted by molar-refractivity contribution is -0.331. The second kappa shape index (κ2) is 15.3. The summed E-state index contributed by atoms with van der Waals surface area (Å²) in [5, 5.41) is 69.6. The van der Waals surface area contributed by atoms with E-state index in [1.165, 1.54) is 7.11 Å². The third-order valence-electron chi connectivity index (χ3n) is 6.23. The molecule has 2 aliphatic heterocycles. The van der Waals surface area contributed by atoms with Crippen LogP contribution in [0.4, 0.5) is 0 Å². The van der Waals surface area contributed by atoms with Gasteiger partial charge in [-0.25, -0.2) is 0 Å². The van der Waals surface area contributed by atoms with Crippen molar-refractivity contribution in [3.8, 4) is 0 Å². The summed E-state index contributed by atoms with van der Waals surface area (Å²) in [5.41, 5.74) is 0. The summed E-state index contributed by atoms with van der Waals surface area (Å²) in [4.78, 5) is 11.1. The maximum absolute atomic E-state index is 11.1. The van der Waals surface area contributed by atoms with Crippen molar-refractivity contribution >= 4 is 5.97 Å². The van der Waals surface area contributed by atoms with Crippen LogP contribution in [0, 0.1) is 0 Å². The maximum Gasteiger partial charge on any atom is 0.305 e. The molecule has 2 heterocycles. The molecule has 7 N–H and O–H groups in total. The highest BCUT2D eigenvalue weighted by atomic mass is 16.7. The van der Waals surface area contributed by atoms with Crippen molar-refractivity contribution < 1.29 is 64.2 Å². The van der Waals surface area contributed by atoms with Crippen LogP contribution in [-0.2, 0) is 28.5 Å². The fraction of sp³-hybridized carbons (Fsp3) is 0.955. The molecule has 0 aromatic heterocycles. The Balaban J connectivity index is 1.72. The number of aliphatic hydroxyl groups is 7. The van der Waals surface area contributed by atoms with Gasteiger partial charge in [0.25, 0.3) is 0 Å². The van der Waals surface area contributed by atoms with Gasteiger partial charge in [0.1, 0.15) is 48.8 Å². The van der Waals surface area contributed by atoms with Crippen LogP contribution >= 0.6 is 0 Å². The second-order valence-electron chi connectivity index (χ2n) is 8.86. The number of esters is 1. The number of carbonyl (C=O) groups is 1. The third kappa shape index (κ3) is 8.83. The van der Waals surface area contributed by atoms with Gasteiger partial charge in [0.15, 0.2) is 12.6 Å². The average Bonchev–Trinajstić information content (AvgIpc) is 2.86. The van der Waals surface area contributed by atoms with E-state index in [2.05, 4.69) is 4.74 Å². The molecule has 13 heteroatoms. The van der Waals surface area contributed by atoms with E-state index in [0.717, 1.165) is 32.1 Å². The van der Waals surface area contributed by atoms with Crippen molar-refractivity contribution in [2.24, 2.45) is 0 Å². The number of methoxy groups -OCH3 is 1. The molecule has 0 saturated carbocycles. The Morgan fingerprint density at radius 2 is 1.20 bits per heavy atom. The van der Waals surface area contributed by atoms with Gasteiger partial charge in [-0.1, -0.05) is 25.7 Å². The van der Waals surface area contributed by atoms with E-state index in [1.807, 2.05) is 0 Å². The van der Waals surface area contributed by atoms with Gasteiger partial charge in [-0.3, -0.25) is 4.79 Å². The Morgan fingerprint density at radius 1 is 0.686 bits per heavy atom. The summed E-state index contributed by atoms with van der Waals surface area (Å²) in [5.74, 6) is -0.214. The zero-order chi connectivity index (χ0) is 26.0. The summed E-state index contributed by atoms with van der Waals surface area (Å²) < 4.78 is 26.3. The quantitative estimate of drug-likeness (QED) is 0.0953. The number of unbranched alkanes of at least 4 members (excludes halogenated alkanes) is 5. The molecular formula is C22H40O13. The van der Waals surface area contributed by atoms with E-state index >= 15 is 0 Å². The average molecular weight is 513 g/mol. The first-order valence-electron chi connectivity index (χ1n) is 12.0. The van der Waals surface area contributed by atoms with Gasteiger partial charge < -0.3 is 59.4 Å². The molecule has 2 rings (SSSR count). The first-order chi connectivity index (χ1) is 16.7. The zero-order valence-corrected chi connectivity index (χ0v) is 19.9. The molecule has 2 aliphatic rings. The molecule has 0 unspecified atom stereocenters. The molecule has 0 spiro atoms. The van der Waals surface area contributed by atoms with E-state index in [1.54, 1.807) is 0 Å². The van der Waals surface area contributed by atoms with E-state index < -0.39 is 74.6 Å². The third-order valence-corrected chi connectivity index (χ3v) is 6.23. The van der Waals surface area contributed by atoms with Crippen molar-refractivity contribution in [1.29, 1.82) is 0 Å². The van der Waals surface area contributed by atoms with Gasteiger partial charge in [-0.15, -0.1) is 0 Å². The SMILES string of the molecule is COC(=O)CCCCCCCCO[C@H]1O[C@H](CO[C@@H]2O[C@H](CO)[C@@H](O)[C@H](O)[C@@H]2O)[C@@H](O)[C@H](O)[C@@H]1O. The van der Waals surface area contributed by atoms with Gasteiger partial charge in [-0.2, -0.15) is 0 Å². The summed E-state index contributed by atoms with van der Waals surface area (Å²) in [6.45, 7) is -0.784. The van der Waals surface area contributed by atoms with Crippen LogP contribution < -0.4 is 0 Å². The Kier molecular flexibility index (Phi) is 13.2. The maximum atomic E-state index is 11.1. The minimum atomic E-state index is -1.63. The van der Waals surface area contributed by atoms with Crippen LogP contribution in [0.1, 0.15) is 44.9 Å². The van der Waals surface area contributed by atoms with Gasteiger partial charge in [0.05, 0.1) is 20.3 Å². The number of hydrogen-bond acceptors (Lipinski definition) is 13. The van der Waals surface area contributed by atoms with E-state index in [9.17, 15) is 40.5 Å². The van der Waals surface area contributed by atoms with E-state index in [-0.39, 0.29) is 12.6 Å². The largest absolute Gasteiger partial charge is 0.469 e. The molecule has 0 radical (unpaired) electrons. The molecule has 2 saturated heterocycles. The smallest absolute Gasteiger partial charge is 0.305 e. The molecule has 0 aromatic carbocycles. The Hall–Kier alpha value is -0.970. The fourth-order valence-electron chi connectivity index (χ4n) is 3.97. The predicted octanol–water partition coefficient (Wildman–Crippen LogP) is -2.47. The van der Waals surface area contributed by atoms with Crippen molar-refractivity contribution in [2.75, 3.05) is 26.9 Å². The van der Waals surface area contributed by atoms with Crippen LogP contribution in [0.2, 0.25) is 0 Å². The molecule has 10 atom stereocenters. The van der Waals surface area contributed by atoms with Crippen LogP contribution in [0.25, 0.3) is 0 Å². The van der Waals surface area contributed by atoms with Crippen LogP contribution in [0.5, 0.6) is 0 Å². The first-order valence-corrected chi connectivity index (χ1v) is 12.0. The number of aliphatic hydroxyl groups excluding tert-OH is 7. The van der Waals surface area contributed by atoms with Crippen LogP contribution in [0.15, 0.2) is 0 Å². The number of rotatable bonds is 14. The molecule has 35 heavy (non-hydrogen) atoms.